The van der Waals surface area contributed by atoms with Crippen molar-refractivity contribution < 1.29 is 23.1 Å². The van der Waals surface area contributed by atoms with Gasteiger partial charge >= 0.3 is 17.2 Å². The second kappa shape index (κ2) is 8.03. The Morgan fingerprint density at radius 3 is 2.47 bits per heavy atom. The number of esters is 1. The van der Waals surface area contributed by atoms with Crippen LogP contribution in [0.2, 0.25) is 0 Å². The van der Waals surface area contributed by atoms with Crippen LogP contribution in [0.4, 0.5) is 0 Å². The molecule has 0 atom stereocenters. The molecule has 0 bridgehead atoms. The Kier molecular flexibility index (Phi) is 4.91. The molecule has 2 heterocycles. The van der Waals surface area contributed by atoms with Crippen LogP contribution in [0.25, 0.3) is 32.7 Å². The van der Waals surface area contributed by atoms with Gasteiger partial charge in [0, 0.05) is 34.5 Å². The van der Waals surface area contributed by atoms with Gasteiger partial charge in [-0.2, -0.15) is 0 Å². The summed E-state index contributed by atoms with van der Waals surface area (Å²) >= 11 is 0. The predicted molar refractivity (Wildman–Crippen MR) is 118 cm³/mol. The minimum absolute atomic E-state index is 0.106. The lowest BCUT2D eigenvalue weighted by Crippen LogP contribution is -2.15. The molecule has 0 fully saturated rings. The van der Waals surface area contributed by atoms with Crippen molar-refractivity contribution >= 4 is 38.7 Å². The zero-order valence-corrected chi connectivity index (χ0v) is 16.7. The molecule has 0 radical (unpaired) electrons. The van der Waals surface area contributed by atoms with Gasteiger partial charge in [-0.1, -0.05) is 30.3 Å². The van der Waals surface area contributed by atoms with Crippen molar-refractivity contribution in [2.45, 2.75) is 6.61 Å². The minimum Gasteiger partial charge on any atom is -0.482 e. The van der Waals surface area contributed by atoms with Gasteiger partial charge in [-0.15, -0.1) is 0 Å². The molecule has 158 valence electrons. The van der Waals surface area contributed by atoms with Gasteiger partial charge in [0.25, 0.3) is 0 Å². The zero-order valence-electron chi connectivity index (χ0n) is 16.7. The highest BCUT2D eigenvalue weighted by molar-refractivity contribution is 6.07. The molecule has 5 rings (SSSR count). The van der Waals surface area contributed by atoms with Crippen LogP contribution >= 0.6 is 0 Å². The van der Waals surface area contributed by atoms with Crippen LogP contribution in [0.5, 0.6) is 5.75 Å². The molecule has 7 heteroatoms. The standard InChI is InChI=1S/C25H16O7/c26-22-10-7-16-5-8-18(12-21(16)32-22)29-14-24(28)30-13-17-11-23(27)31-20-9-6-15-3-1-2-4-19(15)25(17)20/h1-12H,13-14H2. The Balaban J connectivity index is 1.33. The van der Waals surface area contributed by atoms with E-state index < -0.39 is 17.2 Å². The average Bonchev–Trinajstić information content (AvgIpc) is 2.80. The molecule has 5 aromatic rings. The summed E-state index contributed by atoms with van der Waals surface area (Å²) in [6.45, 7) is -0.451. The van der Waals surface area contributed by atoms with Crippen LogP contribution in [-0.4, -0.2) is 12.6 Å². The third-order valence-corrected chi connectivity index (χ3v) is 5.05. The lowest BCUT2D eigenvalue weighted by molar-refractivity contribution is -0.147. The maximum absolute atomic E-state index is 12.3. The van der Waals surface area contributed by atoms with Crippen molar-refractivity contribution in [1.29, 1.82) is 0 Å². The molecular formula is C25H16O7. The zero-order chi connectivity index (χ0) is 22.1. The Labute approximate surface area is 180 Å². The van der Waals surface area contributed by atoms with Gasteiger partial charge < -0.3 is 18.3 Å². The first-order chi connectivity index (χ1) is 15.6. The Hall–Kier alpha value is -4.39. The van der Waals surface area contributed by atoms with Gasteiger partial charge in [0.2, 0.25) is 0 Å². The van der Waals surface area contributed by atoms with E-state index in [4.69, 9.17) is 18.3 Å². The van der Waals surface area contributed by atoms with Crippen molar-refractivity contribution in [3.8, 4) is 5.75 Å². The van der Waals surface area contributed by atoms with Crippen molar-refractivity contribution in [3.05, 3.63) is 99.2 Å². The van der Waals surface area contributed by atoms with E-state index in [1.165, 1.54) is 18.2 Å². The highest BCUT2D eigenvalue weighted by Crippen LogP contribution is 2.27. The monoisotopic (exact) mass is 428 g/mol. The number of hydrogen-bond acceptors (Lipinski definition) is 7. The highest BCUT2D eigenvalue weighted by Gasteiger charge is 2.12. The lowest BCUT2D eigenvalue weighted by atomic mass is 10.0. The fourth-order valence-electron chi connectivity index (χ4n) is 3.61. The molecule has 3 aromatic carbocycles. The van der Waals surface area contributed by atoms with Crippen molar-refractivity contribution in [2.24, 2.45) is 0 Å². The molecule has 0 amide bonds. The van der Waals surface area contributed by atoms with Crippen LogP contribution < -0.4 is 16.0 Å². The number of ether oxygens (including phenoxy) is 2. The minimum atomic E-state index is -0.610. The molecule has 32 heavy (non-hydrogen) atoms. The number of rotatable bonds is 5. The Bertz CT molecular complexity index is 1590. The summed E-state index contributed by atoms with van der Waals surface area (Å²) in [6, 6.07) is 20.5. The fourth-order valence-corrected chi connectivity index (χ4v) is 3.61. The summed E-state index contributed by atoms with van der Waals surface area (Å²) in [6.07, 6.45) is 0. The lowest BCUT2D eigenvalue weighted by Gasteiger charge is -2.10. The predicted octanol–water partition coefficient (Wildman–Crippen LogP) is 4.17. The van der Waals surface area contributed by atoms with Crippen LogP contribution in [0.15, 0.2) is 91.2 Å². The number of carbonyl (C=O) groups excluding carboxylic acids is 1. The van der Waals surface area contributed by atoms with E-state index >= 15 is 0 Å². The molecule has 0 N–H and O–H groups in total. The average molecular weight is 428 g/mol. The molecule has 0 saturated heterocycles. The van der Waals surface area contributed by atoms with E-state index in [2.05, 4.69) is 0 Å². The van der Waals surface area contributed by atoms with E-state index in [0.717, 1.165) is 21.5 Å². The molecule has 2 aromatic heterocycles. The van der Waals surface area contributed by atoms with Gasteiger partial charge in [0.1, 0.15) is 23.5 Å². The smallest absolute Gasteiger partial charge is 0.344 e. The van der Waals surface area contributed by atoms with Crippen molar-refractivity contribution in [2.75, 3.05) is 6.61 Å². The second-order valence-corrected chi connectivity index (χ2v) is 7.15. The van der Waals surface area contributed by atoms with Gasteiger partial charge in [-0.05, 0) is 35.0 Å². The van der Waals surface area contributed by atoms with Gasteiger partial charge in [-0.25, -0.2) is 14.4 Å². The van der Waals surface area contributed by atoms with Gasteiger partial charge in [-0.3, -0.25) is 0 Å². The third-order valence-electron chi connectivity index (χ3n) is 5.05. The SMILES string of the molecule is O=C(COc1ccc2ccc(=O)oc2c1)OCc1cc(=O)oc2ccc3ccccc3c12. The third kappa shape index (κ3) is 3.83. The van der Waals surface area contributed by atoms with Crippen LogP contribution in [0.1, 0.15) is 5.56 Å². The summed E-state index contributed by atoms with van der Waals surface area (Å²) in [5.74, 6) is -0.248. The van der Waals surface area contributed by atoms with Crippen LogP contribution in [0, 0.1) is 0 Å². The Morgan fingerprint density at radius 1 is 0.781 bits per heavy atom. The first-order valence-corrected chi connectivity index (χ1v) is 9.84. The first kappa shape index (κ1) is 19.6. The van der Waals surface area contributed by atoms with Crippen molar-refractivity contribution in [1.82, 2.24) is 0 Å². The number of fused-ring (bicyclic) bond motifs is 4. The largest absolute Gasteiger partial charge is 0.482 e. The highest BCUT2D eigenvalue weighted by atomic mass is 16.6. The topological polar surface area (TPSA) is 96.0 Å². The molecule has 0 unspecified atom stereocenters. The summed E-state index contributed by atoms with van der Waals surface area (Å²) in [4.78, 5) is 35.6. The molecule has 0 aliphatic rings. The second-order valence-electron chi connectivity index (χ2n) is 7.15. The molecule has 7 nitrogen and oxygen atoms in total. The Morgan fingerprint density at radius 2 is 1.56 bits per heavy atom. The van der Waals surface area contributed by atoms with Crippen LogP contribution in [0.3, 0.4) is 0 Å². The number of hydrogen-bond donors (Lipinski definition) is 0. The molecule has 0 aliphatic heterocycles. The number of benzene rings is 3. The summed E-state index contributed by atoms with van der Waals surface area (Å²) in [5.41, 5.74) is 0.344. The normalized spacial score (nSPS) is 11.1. The number of carbonyl (C=O) groups is 1. The fraction of sp³-hybridized carbons (Fsp3) is 0.0800. The summed E-state index contributed by atoms with van der Waals surface area (Å²) in [7, 11) is 0. The summed E-state index contributed by atoms with van der Waals surface area (Å²) < 4.78 is 21.2. The van der Waals surface area contributed by atoms with E-state index in [0.29, 0.717) is 22.5 Å². The quantitative estimate of drug-likeness (QED) is 0.235. The molecule has 0 spiro atoms. The van der Waals surface area contributed by atoms with Crippen LogP contribution in [-0.2, 0) is 16.1 Å². The molecular weight excluding hydrogens is 412 g/mol. The molecule has 0 saturated carbocycles. The van der Waals surface area contributed by atoms with Crippen molar-refractivity contribution in [3.63, 3.8) is 0 Å². The van der Waals surface area contributed by atoms with Gasteiger partial charge in [0.05, 0.1) is 0 Å². The van der Waals surface area contributed by atoms with E-state index in [9.17, 15) is 14.4 Å². The maximum atomic E-state index is 12.3. The van der Waals surface area contributed by atoms with E-state index in [1.807, 2.05) is 30.3 Å². The first-order valence-electron chi connectivity index (χ1n) is 9.84. The van der Waals surface area contributed by atoms with E-state index in [1.54, 1.807) is 24.3 Å². The van der Waals surface area contributed by atoms with Gasteiger partial charge in [0.15, 0.2) is 6.61 Å². The summed E-state index contributed by atoms with van der Waals surface area (Å²) in [5, 5.41) is 3.34. The maximum Gasteiger partial charge on any atom is 0.344 e. The molecule has 0 aliphatic carbocycles. The van der Waals surface area contributed by atoms with E-state index in [-0.39, 0.29) is 13.2 Å².